The minimum Gasteiger partial charge on any atom is -0.293 e. The number of rotatable bonds is 5. The molecule has 0 unspecified atom stereocenters. The molecule has 0 aliphatic carbocycles. The number of para-hydroxylation sites is 2. The summed E-state index contributed by atoms with van der Waals surface area (Å²) in [5.74, 6) is 1.50. The summed E-state index contributed by atoms with van der Waals surface area (Å²) in [5, 5.41) is 4.57. The molecule has 0 saturated carbocycles. The van der Waals surface area contributed by atoms with E-state index in [0.717, 1.165) is 72.4 Å². The van der Waals surface area contributed by atoms with E-state index in [2.05, 4.69) is 130 Å². The van der Waals surface area contributed by atoms with Crippen molar-refractivity contribution in [1.82, 2.24) is 24.1 Å². The van der Waals surface area contributed by atoms with Gasteiger partial charge in [-0.05, 0) is 48.0 Å². The van der Waals surface area contributed by atoms with Gasteiger partial charge in [0.2, 0.25) is 0 Å². The van der Waals surface area contributed by atoms with Crippen LogP contribution in [0.25, 0.3) is 89.0 Å². The molecular formula is C45H27N5. The first-order valence-corrected chi connectivity index (χ1v) is 16.6. The van der Waals surface area contributed by atoms with Crippen LogP contribution in [0.3, 0.4) is 0 Å². The Bertz CT molecular complexity index is 2800. The van der Waals surface area contributed by atoms with Crippen molar-refractivity contribution in [1.29, 1.82) is 0 Å². The fraction of sp³-hybridized carbons (Fsp3) is 0. The SMILES string of the molecule is c1ccc(-n2c3ccc(-c4cccc5c6ccccc6n(-c6cc(-c7ccccc7)nc(-c7ccccc7)n6)c45)cc3c3cccnc32)cc#1. The van der Waals surface area contributed by atoms with E-state index in [1.807, 2.05) is 54.7 Å². The largest absolute Gasteiger partial charge is 0.293 e. The lowest BCUT2D eigenvalue weighted by molar-refractivity contribution is 1.05. The second-order valence-electron chi connectivity index (χ2n) is 12.4. The van der Waals surface area contributed by atoms with Gasteiger partial charge in [-0.1, -0.05) is 115 Å². The molecule has 0 spiro atoms. The zero-order valence-corrected chi connectivity index (χ0v) is 26.8. The number of pyridine rings is 1. The van der Waals surface area contributed by atoms with E-state index in [4.69, 9.17) is 15.0 Å². The summed E-state index contributed by atoms with van der Waals surface area (Å²) in [4.78, 5) is 15.2. The lowest BCUT2D eigenvalue weighted by Crippen LogP contribution is -2.03. The first-order chi connectivity index (χ1) is 24.8. The molecule has 0 N–H and O–H groups in total. The Morgan fingerprint density at radius 1 is 0.500 bits per heavy atom. The minimum atomic E-state index is 0.683. The maximum atomic E-state index is 5.27. The summed E-state index contributed by atoms with van der Waals surface area (Å²) in [6.07, 6.45) is 1.85. The van der Waals surface area contributed by atoms with E-state index < -0.39 is 0 Å². The van der Waals surface area contributed by atoms with Crippen molar-refractivity contribution in [2.75, 3.05) is 0 Å². The third kappa shape index (κ3) is 4.40. The van der Waals surface area contributed by atoms with Crippen molar-refractivity contribution in [3.63, 3.8) is 0 Å². The summed E-state index contributed by atoms with van der Waals surface area (Å²) in [7, 11) is 0. The predicted octanol–water partition coefficient (Wildman–Crippen LogP) is 10.7. The molecule has 232 valence electrons. The van der Waals surface area contributed by atoms with Gasteiger partial charge in [0, 0.05) is 56.6 Å². The van der Waals surface area contributed by atoms with Crippen LogP contribution in [-0.2, 0) is 0 Å². The maximum Gasteiger partial charge on any atom is 0.162 e. The lowest BCUT2D eigenvalue weighted by Gasteiger charge is -2.14. The van der Waals surface area contributed by atoms with E-state index in [9.17, 15) is 0 Å². The molecule has 0 radical (unpaired) electrons. The minimum absolute atomic E-state index is 0.683. The molecule has 0 amide bonds. The molecule has 5 nitrogen and oxygen atoms in total. The molecule has 0 aliphatic heterocycles. The van der Waals surface area contributed by atoms with Crippen molar-refractivity contribution >= 4 is 43.7 Å². The van der Waals surface area contributed by atoms with E-state index in [-0.39, 0.29) is 0 Å². The molecule has 4 aromatic heterocycles. The van der Waals surface area contributed by atoms with Gasteiger partial charge >= 0.3 is 0 Å². The zero-order chi connectivity index (χ0) is 33.0. The van der Waals surface area contributed by atoms with Gasteiger partial charge in [-0.2, -0.15) is 0 Å². The second kappa shape index (κ2) is 11.3. The number of nitrogens with zero attached hydrogens (tertiary/aromatic N) is 5. The normalized spacial score (nSPS) is 11.4. The summed E-state index contributed by atoms with van der Waals surface area (Å²) in [6.45, 7) is 0. The standard InChI is InChI=1S/C45H27N5/c1-4-14-30(15-5-1)39-29-42(48-44(47-39)31-16-6-2-7-17-31)50-40-24-11-10-20-35(40)36-22-12-21-34(43(36)50)32-25-26-41-38(28-32)37-23-13-27-46-45(37)49(41)33-18-8-3-9-19-33/h1-2,4-8,10-29H. The van der Waals surface area contributed by atoms with Crippen molar-refractivity contribution in [3.05, 3.63) is 176 Å². The van der Waals surface area contributed by atoms with Crippen LogP contribution in [0.1, 0.15) is 0 Å². The molecule has 0 fully saturated rings. The number of hydrogen-bond acceptors (Lipinski definition) is 3. The smallest absolute Gasteiger partial charge is 0.162 e. The number of hydrogen-bond donors (Lipinski definition) is 0. The van der Waals surface area contributed by atoms with Crippen LogP contribution in [0.2, 0.25) is 0 Å². The number of fused-ring (bicyclic) bond motifs is 6. The first-order valence-electron chi connectivity index (χ1n) is 16.6. The molecule has 0 aliphatic rings. The van der Waals surface area contributed by atoms with Crippen molar-refractivity contribution < 1.29 is 0 Å². The molecule has 10 rings (SSSR count). The Balaban J connectivity index is 1.27. The Morgan fingerprint density at radius 2 is 1.26 bits per heavy atom. The van der Waals surface area contributed by atoms with Gasteiger partial charge in [-0.3, -0.25) is 9.13 Å². The van der Waals surface area contributed by atoms with Gasteiger partial charge < -0.3 is 0 Å². The van der Waals surface area contributed by atoms with Crippen LogP contribution in [0, 0.1) is 12.1 Å². The highest BCUT2D eigenvalue weighted by atomic mass is 15.1. The Morgan fingerprint density at radius 3 is 2.10 bits per heavy atom. The molecule has 0 saturated heterocycles. The second-order valence-corrected chi connectivity index (χ2v) is 12.4. The van der Waals surface area contributed by atoms with Gasteiger partial charge in [0.15, 0.2) is 5.82 Å². The quantitative estimate of drug-likeness (QED) is 0.189. The molecule has 6 aromatic carbocycles. The summed E-state index contributed by atoms with van der Waals surface area (Å²) in [6, 6.07) is 60.8. The summed E-state index contributed by atoms with van der Waals surface area (Å²) >= 11 is 0. The van der Waals surface area contributed by atoms with Gasteiger partial charge in [0.25, 0.3) is 0 Å². The fourth-order valence-electron chi connectivity index (χ4n) is 7.26. The number of aromatic nitrogens is 5. The molecule has 50 heavy (non-hydrogen) atoms. The van der Waals surface area contributed by atoms with Gasteiger partial charge in [-0.15, -0.1) is 0 Å². The molecule has 10 aromatic rings. The number of benzene rings is 5. The van der Waals surface area contributed by atoms with Gasteiger partial charge in [-0.25, -0.2) is 15.0 Å². The average Bonchev–Trinajstić information content (AvgIpc) is 3.71. The highest BCUT2D eigenvalue weighted by Crippen LogP contribution is 2.40. The van der Waals surface area contributed by atoms with Crippen LogP contribution in [0.5, 0.6) is 0 Å². The van der Waals surface area contributed by atoms with Crippen molar-refractivity contribution in [3.8, 4) is 45.3 Å². The van der Waals surface area contributed by atoms with E-state index in [1.54, 1.807) is 0 Å². The monoisotopic (exact) mass is 637 g/mol. The lowest BCUT2D eigenvalue weighted by atomic mass is 10.00. The third-order valence-corrected chi connectivity index (χ3v) is 9.47. The van der Waals surface area contributed by atoms with Crippen molar-refractivity contribution in [2.45, 2.75) is 0 Å². The topological polar surface area (TPSA) is 48.5 Å². The highest BCUT2D eigenvalue weighted by molar-refractivity contribution is 6.15. The maximum absolute atomic E-state index is 5.27. The van der Waals surface area contributed by atoms with Crippen LogP contribution in [-0.4, -0.2) is 24.1 Å². The van der Waals surface area contributed by atoms with Gasteiger partial charge in [0.05, 0.1) is 27.9 Å². The average molecular weight is 638 g/mol. The van der Waals surface area contributed by atoms with Gasteiger partial charge in [0.1, 0.15) is 11.5 Å². The molecule has 5 heteroatoms. The van der Waals surface area contributed by atoms with Crippen LogP contribution in [0.15, 0.2) is 164 Å². The first kappa shape index (κ1) is 28.0. The Hall–Kier alpha value is -7.03. The Labute approximate surface area is 288 Å². The highest BCUT2D eigenvalue weighted by Gasteiger charge is 2.20. The fourth-order valence-corrected chi connectivity index (χ4v) is 7.26. The third-order valence-electron chi connectivity index (χ3n) is 9.47. The van der Waals surface area contributed by atoms with E-state index in [1.165, 1.54) is 10.8 Å². The molecule has 4 heterocycles. The van der Waals surface area contributed by atoms with Crippen molar-refractivity contribution in [2.24, 2.45) is 0 Å². The molecular weight excluding hydrogens is 611 g/mol. The van der Waals surface area contributed by atoms with Crippen LogP contribution < -0.4 is 0 Å². The predicted molar refractivity (Wildman–Crippen MR) is 202 cm³/mol. The Kier molecular flexibility index (Phi) is 6.33. The zero-order valence-electron chi connectivity index (χ0n) is 26.8. The van der Waals surface area contributed by atoms with Crippen LogP contribution in [0.4, 0.5) is 0 Å². The molecule has 0 bridgehead atoms. The summed E-state index contributed by atoms with van der Waals surface area (Å²) in [5.41, 5.74) is 10.3. The van der Waals surface area contributed by atoms with E-state index in [0.29, 0.717) is 5.82 Å². The summed E-state index contributed by atoms with van der Waals surface area (Å²) < 4.78 is 4.51. The van der Waals surface area contributed by atoms with Crippen LogP contribution >= 0.6 is 0 Å². The van der Waals surface area contributed by atoms with E-state index >= 15 is 0 Å². The molecule has 0 atom stereocenters.